The molecule has 0 aromatic carbocycles. The van der Waals surface area contributed by atoms with E-state index in [4.69, 9.17) is 0 Å². The molecule has 2 saturated carbocycles. The Morgan fingerprint density at radius 2 is 2.00 bits per heavy atom. The number of hydrogen-bond donors (Lipinski definition) is 2. The Hall–Kier alpha value is -0.0800. The van der Waals surface area contributed by atoms with Gasteiger partial charge in [-0.05, 0) is 30.6 Å². The fourth-order valence-electron chi connectivity index (χ4n) is 2.55. The number of aliphatic hydroxyl groups is 2. The van der Waals surface area contributed by atoms with E-state index in [0.29, 0.717) is 5.92 Å². The summed E-state index contributed by atoms with van der Waals surface area (Å²) in [5.74, 6) is 0.389. The van der Waals surface area contributed by atoms with E-state index in [0.717, 1.165) is 19.3 Å². The van der Waals surface area contributed by atoms with E-state index in [1.807, 2.05) is 0 Å². The lowest BCUT2D eigenvalue weighted by atomic mass is 9.83. The van der Waals surface area contributed by atoms with Gasteiger partial charge in [0, 0.05) is 0 Å². The smallest absolute Gasteiger partial charge is 0.0598 e. The van der Waals surface area contributed by atoms with E-state index < -0.39 is 0 Å². The van der Waals surface area contributed by atoms with Gasteiger partial charge >= 0.3 is 0 Å². The molecule has 2 bridgehead atoms. The Morgan fingerprint density at radius 3 is 2.30 bits per heavy atom. The van der Waals surface area contributed by atoms with Gasteiger partial charge in [0.05, 0.1) is 12.2 Å². The average molecular weight is 142 g/mol. The average Bonchev–Trinajstić information content (AvgIpc) is 2.20. The van der Waals surface area contributed by atoms with Gasteiger partial charge in [-0.15, -0.1) is 0 Å². The van der Waals surface area contributed by atoms with Gasteiger partial charge in [0.15, 0.2) is 0 Å². The molecule has 2 aliphatic rings. The summed E-state index contributed by atoms with van der Waals surface area (Å²) in [6.07, 6.45) is 2.36. The third-order valence-electron chi connectivity index (χ3n) is 3.28. The Kier molecular flexibility index (Phi) is 1.15. The first-order chi connectivity index (χ1) is 4.62. The third-order valence-corrected chi connectivity index (χ3v) is 3.28. The standard InChI is InChI=1S/C8H14O2/c1-8-3-5(2-7(8)10)6(9)4-8/h5-7,9-10H,2-4H2,1H3. The third kappa shape index (κ3) is 0.663. The zero-order chi connectivity index (χ0) is 7.35. The first kappa shape index (κ1) is 6.62. The first-order valence-electron chi connectivity index (χ1n) is 3.98. The highest BCUT2D eigenvalue weighted by molar-refractivity contribution is 5.03. The Morgan fingerprint density at radius 1 is 1.30 bits per heavy atom. The van der Waals surface area contributed by atoms with Crippen LogP contribution in [0.3, 0.4) is 0 Å². The van der Waals surface area contributed by atoms with Gasteiger partial charge in [-0.2, -0.15) is 0 Å². The molecule has 2 fully saturated rings. The molecule has 0 aliphatic heterocycles. The van der Waals surface area contributed by atoms with Crippen LogP contribution in [0.5, 0.6) is 0 Å². The van der Waals surface area contributed by atoms with Gasteiger partial charge in [0.1, 0.15) is 0 Å². The molecule has 0 amide bonds. The van der Waals surface area contributed by atoms with Crippen LogP contribution in [0, 0.1) is 11.3 Å². The minimum absolute atomic E-state index is 0.0457. The van der Waals surface area contributed by atoms with E-state index >= 15 is 0 Å². The Balaban J connectivity index is 2.21. The van der Waals surface area contributed by atoms with E-state index in [2.05, 4.69) is 6.92 Å². The topological polar surface area (TPSA) is 40.5 Å². The molecular weight excluding hydrogens is 128 g/mol. The molecule has 2 nitrogen and oxygen atoms in total. The maximum Gasteiger partial charge on any atom is 0.0598 e. The van der Waals surface area contributed by atoms with Crippen LogP contribution in [0.25, 0.3) is 0 Å². The van der Waals surface area contributed by atoms with Crippen molar-refractivity contribution in [3.05, 3.63) is 0 Å². The molecule has 4 unspecified atom stereocenters. The van der Waals surface area contributed by atoms with Gasteiger partial charge in [-0.3, -0.25) is 0 Å². The van der Waals surface area contributed by atoms with Gasteiger partial charge < -0.3 is 10.2 Å². The van der Waals surface area contributed by atoms with Crippen LogP contribution in [0.4, 0.5) is 0 Å². The lowest BCUT2D eigenvalue weighted by molar-refractivity contribution is 0.00504. The predicted molar refractivity (Wildman–Crippen MR) is 37.5 cm³/mol. The summed E-state index contributed by atoms with van der Waals surface area (Å²) in [4.78, 5) is 0. The van der Waals surface area contributed by atoms with Crippen molar-refractivity contribution in [1.82, 2.24) is 0 Å². The predicted octanol–water partition coefficient (Wildman–Crippen LogP) is 0.528. The van der Waals surface area contributed by atoms with Crippen molar-refractivity contribution in [3.63, 3.8) is 0 Å². The number of rotatable bonds is 0. The summed E-state index contributed by atoms with van der Waals surface area (Å²) in [5, 5.41) is 18.9. The van der Waals surface area contributed by atoms with Crippen LogP contribution in [0.1, 0.15) is 26.2 Å². The van der Waals surface area contributed by atoms with Crippen molar-refractivity contribution in [1.29, 1.82) is 0 Å². The van der Waals surface area contributed by atoms with Crippen LogP contribution < -0.4 is 0 Å². The van der Waals surface area contributed by atoms with Gasteiger partial charge in [-0.25, -0.2) is 0 Å². The fourth-order valence-corrected chi connectivity index (χ4v) is 2.55. The van der Waals surface area contributed by atoms with Crippen LogP contribution in [0.15, 0.2) is 0 Å². The van der Waals surface area contributed by atoms with E-state index in [1.54, 1.807) is 0 Å². The molecule has 0 radical (unpaired) electrons. The highest BCUT2D eigenvalue weighted by Crippen LogP contribution is 2.53. The Bertz CT molecular complexity index is 153. The molecule has 0 aromatic heterocycles. The molecule has 0 spiro atoms. The van der Waals surface area contributed by atoms with Crippen molar-refractivity contribution in [2.24, 2.45) is 11.3 Å². The minimum atomic E-state index is -0.152. The largest absolute Gasteiger partial charge is 0.393 e. The van der Waals surface area contributed by atoms with Crippen molar-refractivity contribution < 1.29 is 10.2 Å². The monoisotopic (exact) mass is 142 g/mol. The van der Waals surface area contributed by atoms with Gasteiger partial charge in [0.25, 0.3) is 0 Å². The molecule has 0 aromatic rings. The highest BCUT2D eigenvalue weighted by Gasteiger charge is 2.52. The number of aliphatic hydroxyl groups excluding tert-OH is 2. The maximum atomic E-state index is 9.49. The molecular formula is C8H14O2. The summed E-state index contributed by atoms with van der Waals surface area (Å²) < 4.78 is 0. The summed E-state index contributed by atoms with van der Waals surface area (Å²) in [6, 6.07) is 0. The van der Waals surface area contributed by atoms with E-state index in [9.17, 15) is 10.2 Å². The van der Waals surface area contributed by atoms with Gasteiger partial charge in [-0.1, -0.05) is 6.92 Å². The van der Waals surface area contributed by atoms with Crippen LogP contribution in [0.2, 0.25) is 0 Å². The zero-order valence-electron chi connectivity index (χ0n) is 6.25. The molecule has 2 aliphatic carbocycles. The van der Waals surface area contributed by atoms with Crippen LogP contribution in [-0.2, 0) is 0 Å². The Labute approximate surface area is 60.9 Å². The van der Waals surface area contributed by atoms with Crippen molar-refractivity contribution in [2.45, 2.75) is 38.4 Å². The molecule has 0 saturated heterocycles. The number of fused-ring (bicyclic) bond motifs is 2. The summed E-state index contributed by atoms with van der Waals surface area (Å²) >= 11 is 0. The SMILES string of the molecule is CC12CC(O)C(CC1O)C2. The second-order valence-electron chi connectivity index (χ2n) is 4.14. The molecule has 2 heteroatoms. The summed E-state index contributed by atoms with van der Waals surface area (Å²) in [7, 11) is 0. The lowest BCUT2D eigenvalue weighted by Crippen LogP contribution is -2.31. The molecule has 58 valence electrons. The molecule has 2 N–H and O–H groups in total. The van der Waals surface area contributed by atoms with Crippen LogP contribution in [-0.4, -0.2) is 22.4 Å². The van der Waals surface area contributed by atoms with Gasteiger partial charge in [0.2, 0.25) is 0 Å². The second kappa shape index (κ2) is 1.74. The second-order valence-corrected chi connectivity index (χ2v) is 4.14. The molecule has 4 atom stereocenters. The normalized spacial score (nSPS) is 59.7. The van der Waals surface area contributed by atoms with E-state index in [-0.39, 0.29) is 17.6 Å². The first-order valence-corrected chi connectivity index (χ1v) is 3.98. The van der Waals surface area contributed by atoms with Crippen molar-refractivity contribution in [2.75, 3.05) is 0 Å². The van der Waals surface area contributed by atoms with Crippen molar-refractivity contribution in [3.8, 4) is 0 Å². The van der Waals surface area contributed by atoms with Crippen molar-refractivity contribution >= 4 is 0 Å². The summed E-state index contributed by atoms with van der Waals surface area (Å²) in [6.45, 7) is 2.08. The summed E-state index contributed by atoms with van der Waals surface area (Å²) in [5.41, 5.74) is 0.0457. The lowest BCUT2D eigenvalue weighted by Gasteiger charge is -2.28. The molecule has 2 rings (SSSR count). The quantitative estimate of drug-likeness (QED) is 0.518. The van der Waals surface area contributed by atoms with Crippen LogP contribution >= 0.6 is 0 Å². The zero-order valence-corrected chi connectivity index (χ0v) is 6.25. The molecule has 10 heavy (non-hydrogen) atoms. The fraction of sp³-hybridized carbons (Fsp3) is 1.00. The van der Waals surface area contributed by atoms with E-state index in [1.165, 1.54) is 0 Å². The number of hydrogen-bond acceptors (Lipinski definition) is 2. The highest BCUT2D eigenvalue weighted by atomic mass is 16.3. The minimum Gasteiger partial charge on any atom is -0.393 e. The molecule has 0 heterocycles. The maximum absolute atomic E-state index is 9.49.